The van der Waals surface area contributed by atoms with Crippen LogP contribution in [0.3, 0.4) is 0 Å². The van der Waals surface area contributed by atoms with Gasteiger partial charge in [0.05, 0.1) is 10.5 Å². The summed E-state index contributed by atoms with van der Waals surface area (Å²) in [5, 5.41) is 0. The van der Waals surface area contributed by atoms with Crippen molar-refractivity contribution in [2.75, 3.05) is 0 Å². The Bertz CT molecular complexity index is 647. The van der Waals surface area contributed by atoms with Gasteiger partial charge >= 0.3 is 0 Å². The van der Waals surface area contributed by atoms with Crippen LogP contribution in [-0.2, 0) is 0 Å². The van der Waals surface area contributed by atoms with Crippen LogP contribution in [0.25, 0.3) is 0 Å². The number of rotatable bonds is 3. The second-order valence-corrected chi connectivity index (χ2v) is 6.09. The molecular weight excluding hydrogens is 394 g/mol. The predicted octanol–water partition coefficient (Wildman–Crippen LogP) is 4.35. The van der Waals surface area contributed by atoms with Crippen molar-refractivity contribution in [1.82, 2.24) is 5.43 Å². The third kappa shape index (κ3) is 2.93. The number of halogens is 4. The van der Waals surface area contributed by atoms with Gasteiger partial charge in [-0.1, -0.05) is 28.1 Å². The Morgan fingerprint density at radius 2 is 1.80 bits per heavy atom. The van der Waals surface area contributed by atoms with Gasteiger partial charge in [0, 0.05) is 10.0 Å². The zero-order chi connectivity index (χ0) is 14.9. The molecule has 3 N–H and O–H groups in total. The summed E-state index contributed by atoms with van der Waals surface area (Å²) >= 11 is 6.46. The smallest absolute Gasteiger partial charge is 0.145 e. The lowest BCUT2D eigenvalue weighted by Crippen LogP contribution is -2.30. The topological polar surface area (TPSA) is 38.0 Å². The highest BCUT2D eigenvalue weighted by molar-refractivity contribution is 9.10. The second-order valence-electron chi connectivity index (χ2n) is 4.38. The second kappa shape index (κ2) is 6.30. The highest BCUT2D eigenvalue weighted by atomic mass is 79.9. The molecule has 2 aromatic rings. The fraction of sp³-hybridized carbons (Fsp3) is 0.143. The van der Waals surface area contributed by atoms with E-state index in [9.17, 15) is 8.78 Å². The van der Waals surface area contributed by atoms with Crippen molar-refractivity contribution in [3.8, 4) is 0 Å². The van der Waals surface area contributed by atoms with Gasteiger partial charge in [-0.05, 0) is 52.2 Å². The maximum Gasteiger partial charge on any atom is 0.145 e. The van der Waals surface area contributed by atoms with Crippen LogP contribution < -0.4 is 11.3 Å². The van der Waals surface area contributed by atoms with Crippen LogP contribution in [0, 0.1) is 18.6 Å². The minimum atomic E-state index is -0.789. The summed E-state index contributed by atoms with van der Waals surface area (Å²) in [6.07, 6.45) is 0. The maximum atomic E-state index is 14.2. The molecule has 0 aliphatic carbocycles. The molecule has 1 unspecified atom stereocenters. The van der Waals surface area contributed by atoms with E-state index in [1.165, 1.54) is 12.1 Å². The molecule has 0 saturated heterocycles. The summed E-state index contributed by atoms with van der Waals surface area (Å²) in [7, 11) is 0. The Balaban J connectivity index is 2.61. The molecule has 0 spiro atoms. The molecule has 0 bridgehead atoms. The number of hydrogen-bond donors (Lipinski definition) is 2. The molecule has 20 heavy (non-hydrogen) atoms. The van der Waals surface area contributed by atoms with Crippen molar-refractivity contribution in [2.24, 2.45) is 5.84 Å². The first-order chi connectivity index (χ1) is 9.45. The van der Waals surface area contributed by atoms with Crippen molar-refractivity contribution in [3.63, 3.8) is 0 Å². The van der Waals surface area contributed by atoms with E-state index in [0.29, 0.717) is 5.56 Å². The fourth-order valence-electron chi connectivity index (χ4n) is 2.00. The van der Waals surface area contributed by atoms with Crippen LogP contribution in [0.5, 0.6) is 0 Å². The average Bonchev–Trinajstić information content (AvgIpc) is 2.40. The lowest BCUT2D eigenvalue weighted by molar-refractivity contribution is 0.507. The number of nitrogens with two attached hydrogens (primary N) is 1. The highest BCUT2D eigenvalue weighted by Gasteiger charge is 2.24. The Morgan fingerprint density at radius 3 is 2.40 bits per heavy atom. The highest BCUT2D eigenvalue weighted by Crippen LogP contribution is 2.33. The van der Waals surface area contributed by atoms with Crippen molar-refractivity contribution >= 4 is 31.9 Å². The third-order valence-corrected chi connectivity index (χ3v) is 4.30. The standard InChI is InChI=1S/C14H12Br2F2N2/c1-7-2-3-8(10(16)6-7)14(20-19)12-11(17)5-4-9(15)13(12)18/h2-6,14,20H,19H2,1H3. The molecule has 0 aliphatic rings. The van der Waals surface area contributed by atoms with Crippen molar-refractivity contribution in [2.45, 2.75) is 13.0 Å². The van der Waals surface area contributed by atoms with Gasteiger partial charge in [0.2, 0.25) is 0 Å². The summed E-state index contributed by atoms with van der Waals surface area (Å²) in [4.78, 5) is 0. The predicted molar refractivity (Wildman–Crippen MR) is 82.1 cm³/mol. The first-order valence-electron chi connectivity index (χ1n) is 5.81. The van der Waals surface area contributed by atoms with Crippen LogP contribution in [0.2, 0.25) is 0 Å². The molecule has 2 aromatic carbocycles. The normalized spacial score (nSPS) is 12.5. The minimum Gasteiger partial charge on any atom is -0.271 e. The monoisotopic (exact) mass is 404 g/mol. The van der Waals surface area contributed by atoms with Crippen molar-refractivity contribution in [1.29, 1.82) is 0 Å². The molecule has 106 valence electrons. The van der Waals surface area contributed by atoms with Crippen LogP contribution >= 0.6 is 31.9 Å². The molecule has 0 saturated carbocycles. The van der Waals surface area contributed by atoms with E-state index in [-0.39, 0.29) is 10.0 Å². The van der Waals surface area contributed by atoms with Crippen LogP contribution in [0.1, 0.15) is 22.7 Å². The van der Waals surface area contributed by atoms with E-state index in [0.717, 1.165) is 10.0 Å². The van der Waals surface area contributed by atoms with Gasteiger partial charge in [-0.15, -0.1) is 0 Å². The van der Waals surface area contributed by atoms with Crippen molar-refractivity contribution in [3.05, 3.63) is 67.6 Å². The van der Waals surface area contributed by atoms with Crippen LogP contribution in [-0.4, -0.2) is 0 Å². The quantitative estimate of drug-likeness (QED) is 0.452. The maximum absolute atomic E-state index is 14.2. The molecule has 0 aliphatic heterocycles. The SMILES string of the molecule is Cc1ccc(C(NN)c2c(F)ccc(Br)c2F)c(Br)c1. The molecule has 1 atom stereocenters. The largest absolute Gasteiger partial charge is 0.271 e. The number of hydrogen-bond acceptors (Lipinski definition) is 2. The molecule has 2 nitrogen and oxygen atoms in total. The first-order valence-corrected chi connectivity index (χ1v) is 7.40. The third-order valence-electron chi connectivity index (χ3n) is 3.00. The number of hydrazine groups is 1. The van der Waals surface area contributed by atoms with E-state index in [2.05, 4.69) is 37.3 Å². The van der Waals surface area contributed by atoms with E-state index in [1.54, 1.807) is 6.07 Å². The number of benzene rings is 2. The van der Waals surface area contributed by atoms with Gasteiger partial charge in [0.1, 0.15) is 11.6 Å². The van der Waals surface area contributed by atoms with Gasteiger partial charge in [-0.3, -0.25) is 5.84 Å². The van der Waals surface area contributed by atoms with Crippen molar-refractivity contribution < 1.29 is 8.78 Å². The Labute approximate surface area is 132 Å². The van der Waals surface area contributed by atoms with E-state index >= 15 is 0 Å². The lowest BCUT2D eigenvalue weighted by atomic mass is 9.97. The van der Waals surface area contributed by atoms with Gasteiger partial charge in [-0.25, -0.2) is 14.2 Å². The van der Waals surface area contributed by atoms with E-state index in [4.69, 9.17) is 5.84 Å². The van der Waals surface area contributed by atoms with Gasteiger partial charge in [0.25, 0.3) is 0 Å². The first kappa shape index (κ1) is 15.6. The minimum absolute atomic E-state index is 0.119. The molecule has 0 fully saturated rings. The molecule has 0 amide bonds. The zero-order valence-corrected chi connectivity index (χ0v) is 13.7. The van der Waals surface area contributed by atoms with Gasteiger partial charge in [-0.2, -0.15) is 0 Å². The Kier molecular flexibility index (Phi) is 4.90. The Hall–Kier alpha value is -0.820. The van der Waals surface area contributed by atoms with Gasteiger partial charge in [0.15, 0.2) is 0 Å². The molecule has 6 heteroatoms. The molecule has 2 rings (SSSR count). The average molecular weight is 406 g/mol. The summed E-state index contributed by atoms with van der Waals surface area (Å²) in [5.74, 6) is 4.19. The molecule has 0 radical (unpaired) electrons. The van der Waals surface area contributed by atoms with Gasteiger partial charge < -0.3 is 0 Å². The number of nitrogens with one attached hydrogen (secondary N) is 1. The summed E-state index contributed by atoms with van der Waals surface area (Å²) in [6.45, 7) is 1.93. The number of aryl methyl sites for hydroxylation is 1. The van der Waals surface area contributed by atoms with E-state index in [1.807, 2.05) is 19.1 Å². The fourth-order valence-corrected chi connectivity index (χ4v) is 3.07. The molecule has 0 aromatic heterocycles. The summed E-state index contributed by atoms with van der Waals surface area (Å²) < 4.78 is 29.1. The van der Waals surface area contributed by atoms with E-state index < -0.39 is 17.7 Å². The molecular formula is C14H12Br2F2N2. The van der Waals surface area contributed by atoms with Crippen LogP contribution in [0.15, 0.2) is 39.3 Å². The summed E-state index contributed by atoms with van der Waals surface area (Å²) in [6, 6.07) is 7.25. The summed E-state index contributed by atoms with van der Waals surface area (Å²) in [5.41, 5.74) is 4.05. The Morgan fingerprint density at radius 1 is 1.10 bits per heavy atom. The zero-order valence-electron chi connectivity index (χ0n) is 10.6. The van der Waals surface area contributed by atoms with Crippen LogP contribution in [0.4, 0.5) is 8.78 Å². The molecule has 0 heterocycles. The lowest BCUT2D eigenvalue weighted by Gasteiger charge is -2.20.